The Hall–Kier alpha value is -1.10. The van der Waals surface area contributed by atoms with E-state index in [1.54, 1.807) is 31.2 Å². The van der Waals surface area contributed by atoms with E-state index in [4.69, 9.17) is 9.47 Å². The Kier molecular flexibility index (Phi) is 15.2. The van der Waals surface area contributed by atoms with Gasteiger partial charge in [0.2, 0.25) is 0 Å². The van der Waals surface area contributed by atoms with E-state index in [1.165, 1.54) is 0 Å². The Labute approximate surface area is 128 Å². The normalized spacial score (nSPS) is 9.10. The predicted molar refractivity (Wildman–Crippen MR) is 87.7 cm³/mol. The number of carbonyl (C=O) groups excluding carboxylic acids is 1. The van der Waals surface area contributed by atoms with Gasteiger partial charge in [0.05, 0.1) is 0 Å². The standard InChI is InChI=1S/C8H8OS.C6H14O2.C2H4/c1-6(9)7-2-4-8(10)5-3-7;1-4-7-6(3)8-5-2;1-2/h2-5,10H,1H3;6H,4-5H2,1-3H3;1-2H2. The van der Waals surface area contributed by atoms with E-state index in [0.29, 0.717) is 0 Å². The highest BCUT2D eigenvalue weighted by molar-refractivity contribution is 7.80. The van der Waals surface area contributed by atoms with Crippen LogP contribution in [-0.4, -0.2) is 25.3 Å². The van der Waals surface area contributed by atoms with Crippen LogP contribution in [0.15, 0.2) is 42.3 Å². The number of ketones is 1. The van der Waals surface area contributed by atoms with Crippen molar-refractivity contribution >= 4 is 18.4 Å². The fourth-order valence-electron chi connectivity index (χ4n) is 1.21. The lowest BCUT2D eigenvalue weighted by Gasteiger charge is -2.09. The molecule has 0 heterocycles. The second-order valence-corrected chi connectivity index (χ2v) is 4.10. The maximum atomic E-state index is 10.7. The second kappa shape index (κ2) is 14.3. The van der Waals surface area contributed by atoms with Crippen molar-refractivity contribution in [2.45, 2.75) is 38.9 Å². The van der Waals surface area contributed by atoms with Crippen LogP contribution in [0.25, 0.3) is 0 Å². The summed E-state index contributed by atoms with van der Waals surface area (Å²) in [6.07, 6.45) is -0.0370. The maximum Gasteiger partial charge on any atom is 0.159 e. The SMILES string of the molecule is C=C.CC(=O)c1ccc(S)cc1.CCOC(C)OCC. The second-order valence-electron chi connectivity index (χ2n) is 3.58. The molecule has 0 aliphatic carbocycles. The molecule has 0 aliphatic rings. The van der Waals surface area contributed by atoms with E-state index < -0.39 is 0 Å². The molecule has 0 saturated heterocycles. The molecule has 0 aromatic heterocycles. The molecule has 0 atom stereocenters. The quantitative estimate of drug-likeness (QED) is 0.379. The summed E-state index contributed by atoms with van der Waals surface area (Å²) in [4.78, 5) is 11.6. The Morgan fingerprint density at radius 2 is 1.55 bits per heavy atom. The molecule has 0 unspecified atom stereocenters. The van der Waals surface area contributed by atoms with E-state index in [9.17, 15) is 4.79 Å². The van der Waals surface area contributed by atoms with Crippen LogP contribution in [-0.2, 0) is 9.47 Å². The lowest BCUT2D eigenvalue weighted by atomic mass is 10.2. The van der Waals surface area contributed by atoms with Crippen LogP contribution < -0.4 is 0 Å². The number of ether oxygens (including phenoxy) is 2. The van der Waals surface area contributed by atoms with E-state index in [1.807, 2.05) is 20.8 Å². The van der Waals surface area contributed by atoms with E-state index >= 15 is 0 Å². The van der Waals surface area contributed by atoms with Crippen LogP contribution in [0.3, 0.4) is 0 Å². The molecule has 0 N–H and O–H groups in total. The van der Waals surface area contributed by atoms with Gasteiger partial charge in [0.15, 0.2) is 12.1 Å². The van der Waals surface area contributed by atoms with Crippen molar-refractivity contribution in [1.29, 1.82) is 0 Å². The Morgan fingerprint density at radius 1 is 1.15 bits per heavy atom. The molecule has 4 heteroatoms. The third-order valence-corrected chi connectivity index (χ3v) is 2.37. The molecule has 0 aliphatic heterocycles. The molecule has 1 aromatic rings. The van der Waals surface area contributed by atoms with Gasteiger partial charge in [0, 0.05) is 23.7 Å². The molecule has 0 fully saturated rings. The van der Waals surface area contributed by atoms with Crippen LogP contribution in [0.5, 0.6) is 0 Å². The van der Waals surface area contributed by atoms with Crippen molar-refractivity contribution in [3.63, 3.8) is 0 Å². The molecule has 0 spiro atoms. The fraction of sp³-hybridized carbons (Fsp3) is 0.438. The number of rotatable bonds is 5. The zero-order valence-electron chi connectivity index (χ0n) is 12.9. The number of Topliss-reactive ketones (excluding diaryl/α,β-unsaturated/α-hetero) is 1. The Bertz CT molecular complexity index is 343. The van der Waals surface area contributed by atoms with Gasteiger partial charge in [0.25, 0.3) is 0 Å². The molecule has 0 amide bonds. The van der Waals surface area contributed by atoms with Gasteiger partial charge < -0.3 is 9.47 Å². The van der Waals surface area contributed by atoms with Crippen molar-refractivity contribution in [2.75, 3.05) is 13.2 Å². The zero-order chi connectivity index (χ0) is 16.0. The van der Waals surface area contributed by atoms with Crippen molar-refractivity contribution in [3.05, 3.63) is 43.0 Å². The summed E-state index contributed by atoms with van der Waals surface area (Å²) in [6, 6.07) is 7.15. The smallest absolute Gasteiger partial charge is 0.159 e. The van der Waals surface area contributed by atoms with Gasteiger partial charge in [-0.05, 0) is 39.8 Å². The molecular weight excluding hydrogens is 272 g/mol. The first-order valence-corrected chi connectivity index (χ1v) is 6.99. The average molecular weight is 298 g/mol. The highest BCUT2D eigenvalue weighted by Crippen LogP contribution is 2.07. The van der Waals surface area contributed by atoms with Crippen molar-refractivity contribution in [2.24, 2.45) is 0 Å². The van der Waals surface area contributed by atoms with Gasteiger partial charge in [-0.1, -0.05) is 12.1 Å². The molecule has 114 valence electrons. The van der Waals surface area contributed by atoms with Crippen LogP contribution >= 0.6 is 12.6 Å². The molecule has 20 heavy (non-hydrogen) atoms. The summed E-state index contributed by atoms with van der Waals surface area (Å²) in [7, 11) is 0. The number of thiol groups is 1. The van der Waals surface area contributed by atoms with E-state index in [-0.39, 0.29) is 12.1 Å². The minimum atomic E-state index is -0.0370. The summed E-state index contributed by atoms with van der Waals surface area (Å²) in [5.41, 5.74) is 0.734. The highest BCUT2D eigenvalue weighted by atomic mass is 32.1. The summed E-state index contributed by atoms with van der Waals surface area (Å²) in [5.74, 6) is 0.0910. The third kappa shape index (κ3) is 12.0. The zero-order valence-corrected chi connectivity index (χ0v) is 13.8. The molecule has 3 nitrogen and oxygen atoms in total. The minimum absolute atomic E-state index is 0.0370. The highest BCUT2D eigenvalue weighted by Gasteiger charge is 1.95. The van der Waals surface area contributed by atoms with Crippen LogP contribution in [0.4, 0.5) is 0 Å². The summed E-state index contributed by atoms with van der Waals surface area (Å²) < 4.78 is 10.1. The first kappa shape index (κ1) is 21.2. The third-order valence-electron chi connectivity index (χ3n) is 2.08. The predicted octanol–water partition coefficient (Wildman–Crippen LogP) is 4.39. The Morgan fingerprint density at radius 3 is 1.85 bits per heavy atom. The van der Waals surface area contributed by atoms with Gasteiger partial charge >= 0.3 is 0 Å². The summed E-state index contributed by atoms with van der Waals surface area (Å²) in [6.45, 7) is 14.8. The van der Waals surface area contributed by atoms with Crippen LogP contribution in [0.2, 0.25) is 0 Å². The topological polar surface area (TPSA) is 35.5 Å². The number of carbonyl (C=O) groups is 1. The summed E-state index contributed by atoms with van der Waals surface area (Å²) >= 11 is 4.09. The maximum absolute atomic E-state index is 10.7. The van der Waals surface area contributed by atoms with Gasteiger partial charge in [0.1, 0.15) is 0 Å². The first-order chi connectivity index (χ1) is 9.51. The van der Waals surface area contributed by atoms with Gasteiger partial charge in [-0.3, -0.25) is 4.79 Å². The average Bonchev–Trinajstić information content (AvgIpc) is 2.43. The van der Waals surface area contributed by atoms with Gasteiger partial charge in [-0.15, -0.1) is 25.8 Å². The van der Waals surface area contributed by atoms with Gasteiger partial charge in [-0.25, -0.2) is 0 Å². The summed E-state index contributed by atoms with van der Waals surface area (Å²) in [5, 5.41) is 0. The monoisotopic (exact) mass is 298 g/mol. The van der Waals surface area contributed by atoms with Crippen molar-refractivity contribution in [1.82, 2.24) is 0 Å². The largest absolute Gasteiger partial charge is 0.353 e. The van der Waals surface area contributed by atoms with Gasteiger partial charge in [-0.2, -0.15) is 0 Å². The molecule has 0 radical (unpaired) electrons. The molecule has 0 bridgehead atoms. The number of hydrogen-bond acceptors (Lipinski definition) is 4. The van der Waals surface area contributed by atoms with Crippen LogP contribution in [0.1, 0.15) is 38.1 Å². The minimum Gasteiger partial charge on any atom is -0.353 e. The first-order valence-electron chi connectivity index (χ1n) is 6.54. The molecule has 0 saturated carbocycles. The molecule has 1 aromatic carbocycles. The number of hydrogen-bond donors (Lipinski definition) is 1. The number of benzene rings is 1. The van der Waals surface area contributed by atoms with E-state index in [2.05, 4.69) is 25.8 Å². The van der Waals surface area contributed by atoms with Crippen molar-refractivity contribution in [3.8, 4) is 0 Å². The van der Waals surface area contributed by atoms with Crippen molar-refractivity contribution < 1.29 is 14.3 Å². The molecule has 1 rings (SSSR count). The van der Waals surface area contributed by atoms with E-state index in [0.717, 1.165) is 23.7 Å². The Balaban J connectivity index is 0. The van der Waals surface area contributed by atoms with Crippen LogP contribution in [0, 0.1) is 0 Å². The molecular formula is C16H26O3S. The fourth-order valence-corrected chi connectivity index (χ4v) is 1.36. The lowest BCUT2D eigenvalue weighted by Crippen LogP contribution is -2.11. The lowest BCUT2D eigenvalue weighted by molar-refractivity contribution is -0.123.